The van der Waals surface area contributed by atoms with E-state index in [2.05, 4.69) is 4.90 Å². The van der Waals surface area contributed by atoms with Crippen LogP contribution in [0.3, 0.4) is 0 Å². The Morgan fingerprint density at radius 3 is 2.62 bits per heavy atom. The van der Waals surface area contributed by atoms with E-state index in [1.165, 1.54) is 0 Å². The average molecular weight is 310 g/mol. The summed E-state index contributed by atoms with van der Waals surface area (Å²) in [7, 11) is 0. The van der Waals surface area contributed by atoms with Gasteiger partial charge in [-0.15, -0.1) is 0 Å². The molecule has 0 aliphatic carbocycles. The van der Waals surface area contributed by atoms with Gasteiger partial charge in [0, 0.05) is 37.2 Å². The Morgan fingerprint density at radius 2 is 1.95 bits per heavy atom. The number of benzene rings is 1. The molecule has 0 unspecified atom stereocenters. The van der Waals surface area contributed by atoms with Gasteiger partial charge in [-0.25, -0.2) is 0 Å². The molecule has 1 atom stereocenters. The monoisotopic (exact) mass is 309 g/mol. The fraction of sp³-hybridized carbons (Fsp3) is 0.588. The summed E-state index contributed by atoms with van der Waals surface area (Å²) in [5.41, 5.74) is 1.06. The van der Waals surface area contributed by atoms with Crippen molar-refractivity contribution >= 4 is 17.4 Å². The number of ether oxygens (including phenoxy) is 1. The molecule has 1 aliphatic rings. The van der Waals surface area contributed by atoms with Gasteiger partial charge in [-0.1, -0.05) is 37.6 Å². The molecule has 1 aliphatic heterocycles. The summed E-state index contributed by atoms with van der Waals surface area (Å²) >= 11 is 5.96. The molecule has 0 radical (unpaired) electrons. The second-order valence-corrected chi connectivity index (χ2v) is 6.36. The Kier molecular flexibility index (Phi) is 6.22. The van der Waals surface area contributed by atoms with Gasteiger partial charge in [-0.2, -0.15) is 0 Å². The van der Waals surface area contributed by atoms with Crippen LogP contribution in [0.2, 0.25) is 5.02 Å². The first-order chi connectivity index (χ1) is 10.1. The van der Waals surface area contributed by atoms with E-state index in [0.717, 1.165) is 44.8 Å². The van der Waals surface area contributed by atoms with E-state index in [-0.39, 0.29) is 11.8 Å². The van der Waals surface area contributed by atoms with Crippen LogP contribution in [0.4, 0.5) is 0 Å². The van der Waals surface area contributed by atoms with Crippen molar-refractivity contribution < 1.29 is 9.53 Å². The number of rotatable bonds is 5. The van der Waals surface area contributed by atoms with E-state index in [0.29, 0.717) is 10.8 Å². The van der Waals surface area contributed by atoms with Crippen LogP contribution < -0.4 is 0 Å². The smallest absolute Gasteiger partial charge is 0.144 e. The van der Waals surface area contributed by atoms with Gasteiger partial charge >= 0.3 is 0 Å². The Balaban J connectivity index is 2.15. The van der Waals surface area contributed by atoms with Crippen molar-refractivity contribution in [1.82, 2.24) is 4.90 Å². The Hall–Kier alpha value is -0.900. The van der Waals surface area contributed by atoms with Crippen molar-refractivity contribution in [2.45, 2.75) is 26.2 Å². The zero-order valence-corrected chi connectivity index (χ0v) is 13.6. The lowest BCUT2D eigenvalue weighted by Gasteiger charge is -2.26. The molecule has 116 valence electrons. The molecule has 1 aromatic rings. The Morgan fingerprint density at radius 1 is 1.24 bits per heavy atom. The highest BCUT2D eigenvalue weighted by Gasteiger charge is 2.25. The number of ketones is 1. The molecule has 2 rings (SSSR count). The first kappa shape index (κ1) is 16.5. The highest BCUT2D eigenvalue weighted by atomic mass is 35.5. The molecule has 1 aromatic carbocycles. The van der Waals surface area contributed by atoms with Crippen molar-refractivity contribution in [2.75, 3.05) is 32.8 Å². The minimum atomic E-state index is -0.0830. The summed E-state index contributed by atoms with van der Waals surface area (Å²) in [6, 6.07) is 7.68. The molecule has 0 aromatic heterocycles. The highest BCUT2D eigenvalue weighted by molar-refractivity contribution is 6.30. The molecule has 0 bridgehead atoms. The number of nitrogens with zero attached hydrogens (tertiary/aromatic N) is 1. The third-order valence-electron chi connectivity index (χ3n) is 3.94. The van der Waals surface area contributed by atoms with Gasteiger partial charge in [0.25, 0.3) is 0 Å². The van der Waals surface area contributed by atoms with Gasteiger partial charge in [0.2, 0.25) is 0 Å². The van der Waals surface area contributed by atoms with Gasteiger partial charge in [-0.05, 0) is 24.1 Å². The zero-order chi connectivity index (χ0) is 15.2. The SMILES string of the molecule is CC(C)C(=O)[C@H](CN1CCCOCC1)c1ccc(Cl)cc1. The molecular formula is C17H24ClNO2. The van der Waals surface area contributed by atoms with Crippen LogP contribution in [0.15, 0.2) is 24.3 Å². The summed E-state index contributed by atoms with van der Waals surface area (Å²) in [5, 5.41) is 0.706. The molecule has 0 saturated carbocycles. The van der Waals surface area contributed by atoms with Crippen LogP contribution in [0, 0.1) is 5.92 Å². The van der Waals surface area contributed by atoms with Crippen LogP contribution in [0.1, 0.15) is 31.7 Å². The maximum absolute atomic E-state index is 12.6. The maximum atomic E-state index is 12.6. The standard InChI is InChI=1S/C17H24ClNO2/c1-13(2)17(20)16(14-4-6-15(18)7-5-14)12-19-8-3-10-21-11-9-19/h4-7,13,16H,3,8-12H2,1-2H3/t16-/m1/s1. The number of hydrogen-bond donors (Lipinski definition) is 0. The quantitative estimate of drug-likeness (QED) is 0.835. The van der Waals surface area contributed by atoms with Crippen molar-refractivity contribution in [2.24, 2.45) is 5.92 Å². The molecule has 0 N–H and O–H groups in total. The molecule has 1 saturated heterocycles. The molecule has 1 fully saturated rings. The van der Waals surface area contributed by atoms with Gasteiger partial charge in [-0.3, -0.25) is 9.69 Å². The predicted octanol–water partition coefficient (Wildman–Crippen LogP) is 3.37. The summed E-state index contributed by atoms with van der Waals surface area (Å²) in [4.78, 5) is 14.9. The molecule has 0 spiro atoms. The van der Waals surface area contributed by atoms with E-state index in [4.69, 9.17) is 16.3 Å². The fourth-order valence-corrected chi connectivity index (χ4v) is 2.82. The lowest BCUT2D eigenvalue weighted by Crippen LogP contribution is -2.35. The Labute approximate surface area is 132 Å². The topological polar surface area (TPSA) is 29.5 Å². The summed E-state index contributed by atoms with van der Waals surface area (Å²) in [6.45, 7) is 8.17. The molecule has 0 amide bonds. The summed E-state index contributed by atoms with van der Waals surface area (Å²) < 4.78 is 5.49. The van der Waals surface area contributed by atoms with Crippen molar-refractivity contribution in [3.63, 3.8) is 0 Å². The minimum absolute atomic E-state index is 0.0360. The largest absolute Gasteiger partial charge is 0.380 e. The molecule has 4 heteroatoms. The van der Waals surface area contributed by atoms with Crippen molar-refractivity contribution in [3.8, 4) is 0 Å². The van der Waals surface area contributed by atoms with Crippen LogP contribution in [-0.2, 0) is 9.53 Å². The second kappa shape index (κ2) is 7.92. The second-order valence-electron chi connectivity index (χ2n) is 5.93. The van der Waals surface area contributed by atoms with Gasteiger partial charge in [0.05, 0.1) is 12.5 Å². The maximum Gasteiger partial charge on any atom is 0.144 e. The number of carbonyl (C=O) groups excluding carboxylic acids is 1. The third kappa shape index (κ3) is 4.80. The van der Waals surface area contributed by atoms with Gasteiger partial charge in [0.1, 0.15) is 5.78 Å². The van der Waals surface area contributed by atoms with Gasteiger partial charge in [0.15, 0.2) is 0 Å². The van der Waals surface area contributed by atoms with Crippen LogP contribution in [0.25, 0.3) is 0 Å². The first-order valence-corrected chi connectivity index (χ1v) is 8.05. The van der Waals surface area contributed by atoms with Gasteiger partial charge < -0.3 is 4.74 Å². The lowest BCUT2D eigenvalue weighted by molar-refractivity contribution is -0.123. The Bertz CT molecular complexity index is 450. The number of hydrogen-bond acceptors (Lipinski definition) is 3. The van der Waals surface area contributed by atoms with E-state index in [9.17, 15) is 4.79 Å². The van der Waals surface area contributed by atoms with Crippen LogP contribution in [0.5, 0.6) is 0 Å². The molecule has 3 nitrogen and oxygen atoms in total. The zero-order valence-electron chi connectivity index (χ0n) is 12.8. The van der Waals surface area contributed by atoms with Crippen molar-refractivity contribution in [3.05, 3.63) is 34.9 Å². The lowest BCUT2D eigenvalue weighted by atomic mass is 9.88. The molecule has 1 heterocycles. The summed E-state index contributed by atoms with van der Waals surface area (Å²) in [5.74, 6) is 0.247. The van der Waals surface area contributed by atoms with E-state index in [1.807, 2.05) is 38.1 Å². The minimum Gasteiger partial charge on any atom is -0.380 e. The van der Waals surface area contributed by atoms with E-state index < -0.39 is 0 Å². The van der Waals surface area contributed by atoms with Crippen LogP contribution >= 0.6 is 11.6 Å². The van der Waals surface area contributed by atoms with Crippen molar-refractivity contribution in [1.29, 1.82) is 0 Å². The summed E-state index contributed by atoms with van der Waals surface area (Å²) in [6.07, 6.45) is 1.03. The third-order valence-corrected chi connectivity index (χ3v) is 4.19. The first-order valence-electron chi connectivity index (χ1n) is 7.67. The predicted molar refractivity (Wildman–Crippen MR) is 85.9 cm³/mol. The number of carbonyl (C=O) groups is 1. The number of halogens is 1. The average Bonchev–Trinajstić information content (AvgIpc) is 2.73. The van der Waals surface area contributed by atoms with Crippen LogP contribution in [-0.4, -0.2) is 43.5 Å². The number of Topliss-reactive ketones (excluding diaryl/α,β-unsaturated/α-hetero) is 1. The van der Waals surface area contributed by atoms with E-state index in [1.54, 1.807) is 0 Å². The highest BCUT2D eigenvalue weighted by Crippen LogP contribution is 2.24. The molecule has 21 heavy (non-hydrogen) atoms. The molecular weight excluding hydrogens is 286 g/mol. The van der Waals surface area contributed by atoms with E-state index >= 15 is 0 Å². The fourth-order valence-electron chi connectivity index (χ4n) is 2.70. The normalized spacial score (nSPS) is 18.5.